The van der Waals surface area contributed by atoms with E-state index in [1.54, 1.807) is 14.0 Å². The van der Waals surface area contributed by atoms with Gasteiger partial charge in [0.2, 0.25) is 15.9 Å². The van der Waals surface area contributed by atoms with Gasteiger partial charge >= 0.3 is 5.97 Å². The summed E-state index contributed by atoms with van der Waals surface area (Å²) >= 11 is 0. The van der Waals surface area contributed by atoms with E-state index in [4.69, 9.17) is 4.74 Å². The van der Waals surface area contributed by atoms with Gasteiger partial charge in [-0.25, -0.2) is 13.2 Å². The Morgan fingerprint density at radius 2 is 2.04 bits per heavy atom. The van der Waals surface area contributed by atoms with Crippen LogP contribution in [0.5, 0.6) is 0 Å². The minimum absolute atomic E-state index is 0.00387. The lowest BCUT2D eigenvalue weighted by Crippen LogP contribution is -2.46. The molecular weight excluding hydrogens is 346 g/mol. The summed E-state index contributed by atoms with van der Waals surface area (Å²) in [5, 5.41) is 2.88. The SMILES string of the molecule is CCOC(=O)c1cc(S(=O)(=O)N2CCCC2C(=O)NC2CC2)cn1C. The van der Waals surface area contributed by atoms with Gasteiger partial charge in [-0.2, -0.15) is 4.31 Å². The third-order valence-corrected chi connectivity index (χ3v) is 6.37. The second-order valence-electron chi connectivity index (χ2n) is 6.45. The van der Waals surface area contributed by atoms with E-state index >= 15 is 0 Å². The monoisotopic (exact) mass is 369 g/mol. The second kappa shape index (κ2) is 6.80. The fourth-order valence-electron chi connectivity index (χ4n) is 3.03. The van der Waals surface area contributed by atoms with Gasteiger partial charge in [0.25, 0.3) is 0 Å². The van der Waals surface area contributed by atoms with Gasteiger partial charge in [-0.3, -0.25) is 4.79 Å². The molecule has 1 atom stereocenters. The van der Waals surface area contributed by atoms with Gasteiger partial charge in [0.15, 0.2) is 0 Å². The summed E-state index contributed by atoms with van der Waals surface area (Å²) in [6.45, 7) is 2.20. The lowest BCUT2D eigenvalue weighted by atomic mass is 10.2. The number of rotatable bonds is 6. The first-order valence-electron chi connectivity index (χ1n) is 8.50. The Hall–Kier alpha value is -1.87. The summed E-state index contributed by atoms with van der Waals surface area (Å²) in [4.78, 5) is 24.3. The summed E-state index contributed by atoms with van der Waals surface area (Å²) in [6, 6.07) is 0.809. The molecule has 2 aliphatic rings. The van der Waals surface area contributed by atoms with Gasteiger partial charge in [-0.15, -0.1) is 0 Å². The summed E-state index contributed by atoms with van der Waals surface area (Å²) in [5.74, 6) is -0.805. The fraction of sp³-hybridized carbons (Fsp3) is 0.625. The molecule has 1 saturated heterocycles. The highest BCUT2D eigenvalue weighted by atomic mass is 32.2. The number of hydrogen-bond donors (Lipinski definition) is 1. The van der Waals surface area contributed by atoms with Crippen molar-refractivity contribution in [2.24, 2.45) is 7.05 Å². The minimum Gasteiger partial charge on any atom is -0.461 e. The Bertz CT molecular complexity index is 782. The predicted octanol–water partition coefficient (Wildman–Crippen LogP) is 0.633. The smallest absolute Gasteiger partial charge is 0.354 e. The lowest BCUT2D eigenvalue weighted by molar-refractivity contribution is -0.124. The number of aromatic nitrogens is 1. The van der Waals surface area contributed by atoms with E-state index in [9.17, 15) is 18.0 Å². The van der Waals surface area contributed by atoms with Crippen LogP contribution in [0.15, 0.2) is 17.2 Å². The molecule has 1 amide bonds. The Balaban J connectivity index is 1.84. The largest absolute Gasteiger partial charge is 0.461 e. The maximum absolute atomic E-state index is 13.0. The number of nitrogens with one attached hydrogen (secondary N) is 1. The molecule has 25 heavy (non-hydrogen) atoms. The van der Waals surface area contributed by atoms with Crippen molar-refractivity contribution >= 4 is 21.9 Å². The van der Waals surface area contributed by atoms with Crippen LogP contribution in [0.3, 0.4) is 0 Å². The quantitative estimate of drug-likeness (QED) is 0.742. The maximum atomic E-state index is 13.0. The normalized spacial score (nSPS) is 21.3. The van der Waals surface area contributed by atoms with Crippen LogP contribution < -0.4 is 5.32 Å². The standard InChI is InChI=1S/C16H23N3O5S/c1-3-24-16(21)14-9-12(10-18(14)2)25(22,23)19-8-4-5-13(19)15(20)17-11-6-7-11/h9-11,13H,3-8H2,1-2H3,(H,17,20). The Morgan fingerprint density at radius 3 is 2.68 bits per heavy atom. The van der Waals surface area contributed by atoms with E-state index < -0.39 is 22.0 Å². The van der Waals surface area contributed by atoms with E-state index in [2.05, 4.69) is 5.32 Å². The molecule has 1 aromatic heterocycles. The van der Waals surface area contributed by atoms with E-state index in [1.165, 1.54) is 21.1 Å². The highest BCUT2D eigenvalue weighted by Gasteiger charge is 2.41. The average Bonchev–Trinajstić information content (AvgIpc) is 3.08. The number of carbonyl (C=O) groups excluding carboxylic acids is 2. The number of sulfonamides is 1. The van der Waals surface area contributed by atoms with Gasteiger partial charge in [0.05, 0.1) is 6.61 Å². The molecule has 0 radical (unpaired) electrons. The van der Waals surface area contributed by atoms with Crippen LogP contribution >= 0.6 is 0 Å². The highest BCUT2D eigenvalue weighted by molar-refractivity contribution is 7.89. The first-order valence-corrected chi connectivity index (χ1v) is 9.94. The summed E-state index contributed by atoms with van der Waals surface area (Å²) in [5.41, 5.74) is 0.165. The molecule has 1 unspecified atom stereocenters. The lowest BCUT2D eigenvalue weighted by Gasteiger charge is -2.22. The van der Waals surface area contributed by atoms with Gasteiger partial charge in [0, 0.05) is 25.8 Å². The van der Waals surface area contributed by atoms with Gasteiger partial charge in [-0.05, 0) is 38.7 Å². The Morgan fingerprint density at radius 1 is 1.32 bits per heavy atom. The number of nitrogens with zero attached hydrogens (tertiary/aromatic N) is 2. The van der Waals surface area contributed by atoms with Crippen LogP contribution in [-0.4, -0.2) is 54.4 Å². The number of hydrogen-bond acceptors (Lipinski definition) is 5. The van der Waals surface area contributed by atoms with Crippen molar-refractivity contribution in [3.05, 3.63) is 18.0 Å². The van der Waals surface area contributed by atoms with Gasteiger partial charge in [0.1, 0.15) is 16.6 Å². The zero-order valence-electron chi connectivity index (χ0n) is 14.4. The Labute approximate surface area is 147 Å². The van der Waals surface area contributed by atoms with Gasteiger partial charge < -0.3 is 14.6 Å². The number of esters is 1. The predicted molar refractivity (Wildman–Crippen MR) is 89.4 cm³/mol. The molecule has 2 heterocycles. The van der Waals surface area contributed by atoms with Crippen LogP contribution in [0, 0.1) is 0 Å². The third kappa shape index (κ3) is 3.57. The van der Waals surface area contributed by atoms with E-state index in [0.717, 1.165) is 12.8 Å². The van der Waals surface area contributed by atoms with Crippen molar-refractivity contribution in [2.45, 2.75) is 49.6 Å². The zero-order valence-corrected chi connectivity index (χ0v) is 15.2. The molecular formula is C16H23N3O5S. The van der Waals surface area contributed by atoms with Crippen LogP contribution in [0.25, 0.3) is 0 Å². The second-order valence-corrected chi connectivity index (χ2v) is 8.34. The molecule has 1 N–H and O–H groups in total. The molecule has 1 saturated carbocycles. The topological polar surface area (TPSA) is 97.7 Å². The number of carbonyl (C=O) groups is 2. The van der Waals surface area contributed by atoms with Crippen molar-refractivity contribution < 1.29 is 22.7 Å². The molecule has 1 aliphatic heterocycles. The maximum Gasteiger partial charge on any atom is 0.354 e. The van der Waals surface area contributed by atoms with Crippen LogP contribution in [0.4, 0.5) is 0 Å². The average molecular weight is 369 g/mol. The molecule has 0 bridgehead atoms. The van der Waals surface area contributed by atoms with Crippen molar-refractivity contribution in [2.75, 3.05) is 13.2 Å². The number of aryl methyl sites for hydroxylation is 1. The molecule has 1 aliphatic carbocycles. The molecule has 2 fully saturated rings. The van der Waals surface area contributed by atoms with Crippen molar-refractivity contribution in [3.8, 4) is 0 Å². The molecule has 0 spiro atoms. The molecule has 8 nitrogen and oxygen atoms in total. The molecule has 3 rings (SSSR count). The van der Waals surface area contributed by atoms with E-state index in [1.807, 2.05) is 0 Å². The Kier molecular flexibility index (Phi) is 4.88. The van der Waals surface area contributed by atoms with Crippen LogP contribution in [0.1, 0.15) is 43.1 Å². The van der Waals surface area contributed by atoms with E-state index in [0.29, 0.717) is 19.4 Å². The molecule has 0 aromatic carbocycles. The van der Waals surface area contributed by atoms with E-state index in [-0.39, 0.29) is 29.1 Å². The summed E-state index contributed by atoms with van der Waals surface area (Å²) in [7, 11) is -2.26. The minimum atomic E-state index is -3.85. The van der Waals surface area contributed by atoms with Crippen LogP contribution in [0.2, 0.25) is 0 Å². The summed E-state index contributed by atoms with van der Waals surface area (Å²) < 4.78 is 33.6. The molecule has 1 aromatic rings. The van der Waals surface area contributed by atoms with Gasteiger partial charge in [-0.1, -0.05) is 0 Å². The highest BCUT2D eigenvalue weighted by Crippen LogP contribution is 2.28. The third-order valence-electron chi connectivity index (χ3n) is 4.50. The number of ether oxygens (including phenoxy) is 1. The first kappa shape index (κ1) is 17.9. The van der Waals surface area contributed by atoms with Crippen LogP contribution in [-0.2, 0) is 26.6 Å². The summed E-state index contributed by atoms with van der Waals surface area (Å²) in [6.07, 6.45) is 4.43. The zero-order chi connectivity index (χ0) is 18.2. The molecule has 9 heteroatoms. The fourth-order valence-corrected chi connectivity index (χ4v) is 4.76. The number of amides is 1. The van der Waals surface area contributed by atoms with Crippen molar-refractivity contribution in [3.63, 3.8) is 0 Å². The molecule has 138 valence electrons. The first-order chi connectivity index (χ1) is 11.8. The van der Waals surface area contributed by atoms with Crippen molar-refractivity contribution in [1.82, 2.24) is 14.2 Å². The van der Waals surface area contributed by atoms with Crippen molar-refractivity contribution in [1.29, 1.82) is 0 Å².